The molecule has 0 radical (unpaired) electrons. The molecule has 4 nitrogen and oxygen atoms in total. The third-order valence-electron chi connectivity index (χ3n) is 1.71. The van der Waals surface area contributed by atoms with E-state index < -0.39 is 12.8 Å². The molecular formula is C9H13F3N2O2. The smallest absolute Gasteiger partial charge is 0.411 e. The van der Waals surface area contributed by atoms with Crippen LogP contribution in [-0.4, -0.2) is 24.3 Å². The minimum absolute atomic E-state index is 0.227. The number of nitrogens with zero attached hydrogens (tertiary/aromatic N) is 1. The second-order valence-electron chi connectivity index (χ2n) is 3.22. The highest BCUT2D eigenvalue weighted by Gasteiger charge is 2.27. The van der Waals surface area contributed by atoms with Crippen LogP contribution in [0.2, 0.25) is 0 Å². The molecular weight excluding hydrogens is 225 g/mol. The second-order valence-corrected chi connectivity index (χ2v) is 3.22. The fourth-order valence-corrected chi connectivity index (χ4v) is 1.05. The normalized spacial score (nSPS) is 12.0. The van der Waals surface area contributed by atoms with Crippen LogP contribution in [0.4, 0.5) is 13.2 Å². The maximum atomic E-state index is 11.7. The molecule has 0 aliphatic carbocycles. The maximum Gasteiger partial charge on any atom is 0.411 e. The van der Waals surface area contributed by atoms with Crippen LogP contribution in [0.3, 0.4) is 0 Å². The van der Waals surface area contributed by atoms with Gasteiger partial charge < -0.3 is 14.9 Å². The molecule has 0 amide bonds. The molecule has 0 saturated heterocycles. The third-order valence-corrected chi connectivity index (χ3v) is 1.71. The lowest BCUT2D eigenvalue weighted by Gasteiger charge is -2.05. The van der Waals surface area contributed by atoms with Crippen LogP contribution in [0.5, 0.6) is 0 Å². The van der Waals surface area contributed by atoms with Gasteiger partial charge in [-0.3, -0.25) is 0 Å². The molecule has 1 rings (SSSR count). The Morgan fingerprint density at radius 3 is 2.81 bits per heavy atom. The fraction of sp³-hybridized carbons (Fsp3) is 0.667. The monoisotopic (exact) mass is 238 g/mol. The summed E-state index contributed by atoms with van der Waals surface area (Å²) in [6.07, 6.45) is -1.65. The number of halogens is 3. The molecule has 2 N–H and O–H groups in total. The van der Waals surface area contributed by atoms with E-state index in [4.69, 9.17) is 10.2 Å². The minimum Gasteiger partial charge on any atom is -0.443 e. The number of rotatable bonds is 6. The first-order valence-corrected chi connectivity index (χ1v) is 4.79. The zero-order valence-electron chi connectivity index (χ0n) is 8.59. The van der Waals surface area contributed by atoms with Gasteiger partial charge in [0.15, 0.2) is 5.89 Å². The van der Waals surface area contributed by atoms with Gasteiger partial charge in [-0.15, -0.1) is 0 Å². The molecule has 0 aliphatic heterocycles. The first kappa shape index (κ1) is 13.0. The molecule has 0 aromatic carbocycles. The molecule has 0 saturated carbocycles. The van der Waals surface area contributed by atoms with Gasteiger partial charge in [0.2, 0.25) is 0 Å². The van der Waals surface area contributed by atoms with Gasteiger partial charge in [-0.1, -0.05) is 0 Å². The van der Waals surface area contributed by atoms with Gasteiger partial charge in [0.25, 0.3) is 0 Å². The lowest BCUT2D eigenvalue weighted by molar-refractivity contribution is -0.177. The largest absolute Gasteiger partial charge is 0.443 e. The Kier molecular flexibility index (Phi) is 4.75. The maximum absolute atomic E-state index is 11.7. The van der Waals surface area contributed by atoms with Crippen LogP contribution in [0.25, 0.3) is 0 Å². The van der Waals surface area contributed by atoms with Crippen molar-refractivity contribution < 1.29 is 22.3 Å². The van der Waals surface area contributed by atoms with E-state index in [2.05, 4.69) is 9.72 Å². The summed E-state index contributed by atoms with van der Waals surface area (Å²) in [4.78, 5) is 3.89. The van der Waals surface area contributed by atoms with Crippen molar-refractivity contribution in [1.82, 2.24) is 4.98 Å². The highest BCUT2D eigenvalue weighted by Crippen LogP contribution is 2.16. The summed E-state index contributed by atoms with van der Waals surface area (Å²) in [5.41, 5.74) is 5.29. The Morgan fingerprint density at radius 2 is 2.19 bits per heavy atom. The molecule has 0 fully saturated rings. The number of aromatic nitrogens is 1. The van der Waals surface area contributed by atoms with Crippen LogP contribution in [0.1, 0.15) is 18.1 Å². The third kappa shape index (κ3) is 5.13. The number of ether oxygens (including phenoxy) is 1. The van der Waals surface area contributed by atoms with E-state index in [0.29, 0.717) is 18.9 Å². The molecule has 92 valence electrons. The van der Waals surface area contributed by atoms with Gasteiger partial charge in [-0.05, 0) is 13.0 Å². The van der Waals surface area contributed by atoms with Crippen molar-refractivity contribution in [2.45, 2.75) is 25.6 Å². The van der Waals surface area contributed by atoms with Crippen molar-refractivity contribution >= 4 is 0 Å². The predicted molar refractivity (Wildman–Crippen MR) is 49.6 cm³/mol. The number of hydrogen-bond acceptors (Lipinski definition) is 4. The molecule has 1 aromatic heterocycles. The number of aryl methyl sites for hydroxylation is 1. The molecule has 7 heteroatoms. The number of nitrogens with two attached hydrogens (primary N) is 1. The van der Waals surface area contributed by atoms with Gasteiger partial charge in [0.05, 0.1) is 6.20 Å². The molecule has 0 unspecified atom stereocenters. The fourth-order valence-electron chi connectivity index (χ4n) is 1.05. The van der Waals surface area contributed by atoms with E-state index in [0.717, 1.165) is 6.42 Å². The first-order chi connectivity index (χ1) is 7.51. The summed E-state index contributed by atoms with van der Waals surface area (Å²) in [7, 11) is 0. The lowest BCUT2D eigenvalue weighted by atomic mass is 10.3. The van der Waals surface area contributed by atoms with Gasteiger partial charge >= 0.3 is 6.18 Å². The Labute approximate surface area is 90.6 Å². The van der Waals surface area contributed by atoms with Crippen molar-refractivity contribution in [3.63, 3.8) is 0 Å². The van der Waals surface area contributed by atoms with Crippen molar-refractivity contribution in [3.05, 3.63) is 17.8 Å². The van der Waals surface area contributed by atoms with Crippen LogP contribution < -0.4 is 5.73 Å². The van der Waals surface area contributed by atoms with Gasteiger partial charge in [0, 0.05) is 6.42 Å². The summed E-state index contributed by atoms with van der Waals surface area (Å²) in [6.45, 7) is -0.997. The Hall–Kier alpha value is -1.08. The van der Waals surface area contributed by atoms with Crippen LogP contribution in [0, 0.1) is 0 Å². The Bertz CT molecular complexity index is 312. The topological polar surface area (TPSA) is 61.3 Å². The first-order valence-electron chi connectivity index (χ1n) is 4.79. The summed E-state index contributed by atoms with van der Waals surface area (Å²) in [6, 6.07) is 0. The molecule has 0 spiro atoms. The van der Waals surface area contributed by atoms with Gasteiger partial charge in [-0.2, -0.15) is 13.2 Å². The second kappa shape index (κ2) is 5.86. The number of oxazole rings is 1. The average molecular weight is 238 g/mol. The zero-order chi connectivity index (χ0) is 12.0. The van der Waals surface area contributed by atoms with Crippen molar-refractivity contribution in [2.24, 2.45) is 5.73 Å². The van der Waals surface area contributed by atoms with Gasteiger partial charge in [0.1, 0.15) is 19.0 Å². The van der Waals surface area contributed by atoms with E-state index in [1.165, 1.54) is 6.20 Å². The summed E-state index contributed by atoms with van der Waals surface area (Å²) in [5, 5.41) is 0. The van der Waals surface area contributed by atoms with Crippen LogP contribution in [-0.2, 0) is 17.8 Å². The van der Waals surface area contributed by atoms with E-state index >= 15 is 0 Å². The van der Waals surface area contributed by atoms with Crippen molar-refractivity contribution in [2.75, 3.05) is 13.2 Å². The van der Waals surface area contributed by atoms with E-state index in [1.807, 2.05) is 0 Å². The van der Waals surface area contributed by atoms with E-state index in [9.17, 15) is 13.2 Å². The molecule has 1 heterocycles. The lowest BCUT2D eigenvalue weighted by Crippen LogP contribution is -2.16. The predicted octanol–water partition coefficient (Wildman–Crippen LogP) is 1.64. The highest BCUT2D eigenvalue weighted by molar-refractivity contribution is 4.92. The average Bonchev–Trinajstić information content (AvgIpc) is 2.61. The van der Waals surface area contributed by atoms with Crippen molar-refractivity contribution in [1.29, 1.82) is 0 Å². The Morgan fingerprint density at radius 1 is 1.44 bits per heavy atom. The minimum atomic E-state index is -4.32. The molecule has 0 atom stereocenters. The van der Waals surface area contributed by atoms with Crippen LogP contribution in [0.15, 0.2) is 10.6 Å². The summed E-state index contributed by atoms with van der Waals surface area (Å²) in [5.74, 6) is 0.757. The molecule has 1 aromatic rings. The molecule has 0 bridgehead atoms. The summed E-state index contributed by atoms with van der Waals surface area (Å²) >= 11 is 0. The van der Waals surface area contributed by atoms with E-state index in [-0.39, 0.29) is 12.4 Å². The Balaban J connectivity index is 2.29. The van der Waals surface area contributed by atoms with Crippen LogP contribution >= 0.6 is 0 Å². The number of alkyl halides is 3. The quantitative estimate of drug-likeness (QED) is 0.818. The molecule has 16 heavy (non-hydrogen) atoms. The molecule has 0 aliphatic rings. The van der Waals surface area contributed by atoms with Gasteiger partial charge in [-0.25, -0.2) is 4.98 Å². The number of hydrogen-bond donors (Lipinski definition) is 1. The van der Waals surface area contributed by atoms with Crippen molar-refractivity contribution in [3.8, 4) is 0 Å². The van der Waals surface area contributed by atoms with E-state index in [1.54, 1.807) is 0 Å². The standard InChI is InChI=1S/C9H13F3N2O2/c10-9(11,12)6-15-5-7-4-14-8(16-7)2-1-3-13/h4H,1-3,5-6,13H2. The highest BCUT2D eigenvalue weighted by atomic mass is 19.4. The summed E-state index contributed by atoms with van der Waals surface area (Å²) < 4.78 is 44.8. The zero-order valence-corrected chi connectivity index (χ0v) is 8.59. The SMILES string of the molecule is NCCCc1ncc(COCC(F)(F)F)o1.